The smallest absolute Gasteiger partial charge is 0.328 e. The molecular weight excluding hydrogens is 660 g/mol. The van der Waals surface area contributed by atoms with Crippen LogP contribution >= 0.6 is 0 Å². The highest BCUT2D eigenvalue weighted by atomic mass is 16.4. The molecule has 0 aromatic rings. The maximum Gasteiger partial charge on any atom is 0.328 e. The van der Waals surface area contributed by atoms with Crippen molar-refractivity contribution in [1.82, 2.24) is 31.9 Å². The second kappa shape index (κ2) is 21.7. The Balaban J connectivity index is 5.63. The van der Waals surface area contributed by atoms with Gasteiger partial charge in [-0.25, -0.2) is 4.79 Å². The topological polar surface area (TPSA) is 400 Å². The highest BCUT2D eigenvalue weighted by Gasteiger charge is 2.32. The van der Waals surface area contributed by atoms with Gasteiger partial charge in [-0.15, -0.1) is 0 Å². The van der Waals surface area contributed by atoms with Crippen LogP contribution in [0, 0.1) is 0 Å². The Morgan fingerprint density at radius 3 is 1.51 bits per heavy atom. The van der Waals surface area contributed by atoms with E-state index in [0.717, 1.165) is 6.92 Å². The molecule has 8 atom stereocenters. The summed E-state index contributed by atoms with van der Waals surface area (Å²) in [6.07, 6.45) is -2.24. The zero-order valence-corrected chi connectivity index (χ0v) is 27.0. The van der Waals surface area contributed by atoms with E-state index in [9.17, 15) is 58.8 Å². The maximum atomic E-state index is 13.1. The number of nitrogens with two attached hydrogens (primary N) is 3. The number of nitrogens with one attached hydrogen (secondary N) is 6. The van der Waals surface area contributed by atoms with Gasteiger partial charge in [0, 0.05) is 6.54 Å². The third kappa shape index (κ3) is 16.5. The summed E-state index contributed by atoms with van der Waals surface area (Å²) in [6, 6.07) is -10.8. The third-order valence-corrected chi connectivity index (χ3v) is 6.49. The molecule has 0 aliphatic rings. The number of nitrogens with zero attached hydrogens (tertiary/aromatic N) is 1. The lowest BCUT2D eigenvalue weighted by atomic mass is 10.1. The molecule has 23 nitrogen and oxygen atoms in total. The lowest BCUT2D eigenvalue weighted by molar-refractivity contribution is -0.145. The van der Waals surface area contributed by atoms with E-state index >= 15 is 0 Å². The quantitative estimate of drug-likeness (QED) is 0.0282. The summed E-state index contributed by atoms with van der Waals surface area (Å²) in [5.41, 5.74) is 16.0. The van der Waals surface area contributed by atoms with Crippen LogP contribution in [0.25, 0.3) is 0 Å². The Bertz CT molecular complexity index is 1230. The standard InChI is InChI=1S/C26H46N10O13/c1-10(31-21(44)13(27)7-17(40)41)19(42)34-15(8-37)24(47)35-16(9-38)23(46)33-14(5-4-6-30-26(28)29)22(45)32-11(2)20(43)36-18(12(3)39)25(48)49/h10-16,18,37-39H,4-9,27H2,1-3H3,(H,31,44)(H,32,45)(H,33,46)(H,34,42)(H,35,47)(H,36,43)(H,40,41)(H,48,49)(H4,28,29,30)/t10-,11-,12+,13-,14-,15-,16-,18-/m0/s1. The van der Waals surface area contributed by atoms with Crippen LogP contribution in [0.5, 0.6) is 0 Å². The van der Waals surface area contributed by atoms with E-state index in [2.05, 4.69) is 36.9 Å². The summed E-state index contributed by atoms with van der Waals surface area (Å²) in [6.45, 7) is 1.47. The van der Waals surface area contributed by atoms with E-state index in [1.165, 1.54) is 13.8 Å². The van der Waals surface area contributed by atoms with Crippen molar-refractivity contribution in [2.45, 2.75) is 88.4 Å². The second-order valence-corrected chi connectivity index (χ2v) is 10.7. The maximum absolute atomic E-state index is 13.1. The summed E-state index contributed by atoms with van der Waals surface area (Å²) < 4.78 is 0. The molecule has 0 aliphatic heterocycles. The first-order valence-electron chi connectivity index (χ1n) is 14.7. The van der Waals surface area contributed by atoms with Gasteiger partial charge in [-0.1, -0.05) is 0 Å². The number of hydrogen-bond donors (Lipinski definition) is 14. The summed E-state index contributed by atoms with van der Waals surface area (Å²) in [4.78, 5) is 102. The predicted octanol–water partition coefficient (Wildman–Crippen LogP) is -7.76. The summed E-state index contributed by atoms with van der Waals surface area (Å²) >= 11 is 0. The molecule has 0 bridgehead atoms. The highest BCUT2D eigenvalue weighted by molar-refractivity contribution is 5.97. The fourth-order valence-electron chi connectivity index (χ4n) is 3.72. The van der Waals surface area contributed by atoms with E-state index in [0.29, 0.717) is 0 Å². The minimum absolute atomic E-state index is 0.00905. The molecule has 0 fully saturated rings. The van der Waals surface area contributed by atoms with Crippen LogP contribution in [-0.2, 0) is 38.4 Å². The van der Waals surface area contributed by atoms with Gasteiger partial charge in [0.2, 0.25) is 35.4 Å². The average Bonchev–Trinajstić information content (AvgIpc) is 3.00. The van der Waals surface area contributed by atoms with Gasteiger partial charge in [-0.05, 0) is 33.6 Å². The average molecular weight is 707 g/mol. The number of aliphatic imine (C=N–C) groups is 1. The summed E-state index contributed by atoms with van der Waals surface area (Å²) in [7, 11) is 0. The molecule has 0 radical (unpaired) electrons. The zero-order chi connectivity index (χ0) is 38.0. The minimum atomic E-state index is -1.75. The number of carboxylic acids is 2. The number of carbonyl (C=O) groups is 8. The third-order valence-electron chi connectivity index (χ3n) is 6.49. The first-order chi connectivity index (χ1) is 22.7. The van der Waals surface area contributed by atoms with E-state index in [4.69, 9.17) is 22.3 Å². The van der Waals surface area contributed by atoms with Crippen molar-refractivity contribution in [2.24, 2.45) is 22.2 Å². The normalized spacial score (nSPS) is 15.7. The molecule has 0 saturated carbocycles. The van der Waals surface area contributed by atoms with Crippen molar-refractivity contribution in [3.8, 4) is 0 Å². The first-order valence-corrected chi connectivity index (χ1v) is 14.7. The number of hydrogen-bond acceptors (Lipinski definition) is 13. The molecule has 6 amide bonds. The Morgan fingerprint density at radius 2 is 1.08 bits per heavy atom. The Morgan fingerprint density at radius 1 is 0.653 bits per heavy atom. The van der Waals surface area contributed by atoms with Crippen LogP contribution in [0.15, 0.2) is 4.99 Å². The Hall–Kier alpha value is -5.13. The van der Waals surface area contributed by atoms with Gasteiger partial charge < -0.3 is 74.6 Å². The SMILES string of the molecule is C[C@H](NC(=O)[C@H](CCCN=C(N)N)NC(=O)[C@H](CO)NC(=O)[C@H](CO)NC(=O)[C@H](C)NC(=O)[C@@H](N)CC(=O)O)C(=O)N[C@H](C(=O)O)[C@@H](C)O. The Labute approximate surface area is 279 Å². The van der Waals surface area contributed by atoms with Crippen LogP contribution < -0.4 is 49.1 Å². The molecule has 0 aliphatic carbocycles. The zero-order valence-electron chi connectivity index (χ0n) is 27.0. The monoisotopic (exact) mass is 706 g/mol. The second-order valence-electron chi connectivity index (χ2n) is 10.7. The molecule has 0 heterocycles. The van der Waals surface area contributed by atoms with Crippen LogP contribution in [0.2, 0.25) is 0 Å². The molecule has 0 rings (SSSR count). The summed E-state index contributed by atoms with van der Waals surface area (Å²) in [5.74, 6) is -9.37. The van der Waals surface area contributed by atoms with Crippen LogP contribution in [-0.4, -0.2) is 147 Å². The number of carboxylic acid groups (broad SMARTS) is 2. The number of aliphatic carboxylic acids is 2. The van der Waals surface area contributed by atoms with E-state index in [1.54, 1.807) is 0 Å². The van der Waals surface area contributed by atoms with Gasteiger partial charge in [0.1, 0.15) is 30.2 Å². The molecular formula is C26H46N10O13. The molecule has 0 spiro atoms. The first kappa shape index (κ1) is 43.9. The van der Waals surface area contributed by atoms with Crippen molar-refractivity contribution in [1.29, 1.82) is 0 Å². The van der Waals surface area contributed by atoms with Gasteiger partial charge in [0.25, 0.3) is 0 Å². The fraction of sp³-hybridized carbons (Fsp3) is 0.654. The molecule has 278 valence electrons. The van der Waals surface area contributed by atoms with Gasteiger partial charge in [-0.3, -0.25) is 38.6 Å². The van der Waals surface area contributed by atoms with Crippen molar-refractivity contribution in [3.63, 3.8) is 0 Å². The molecule has 0 aromatic carbocycles. The molecule has 0 aromatic heterocycles. The van der Waals surface area contributed by atoms with Crippen molar-refractivity contribution in [3.05, 3.63) is 0 Å². The lowest BCUT2D eigenvalue weighted by Crippen LogP contribution is -2.60. The molecule has 23 heteroatoms. The number of aliphatic hydroxyl groups is 3. The largest absolute Gasteiger partial charge is 0.481 e. The molecule has 17 N–H and O–H groups in total. The van der Waals surface area contributed by atoms with Crippen LogP contribution in [0.3, 0.4) is 0 Å². The predicted molar refractivity (Wildman–Crippen MR) is 167 cm³/mol. The number of carbonyl (C=O) groups excluding carboxylic acids is 6. The number of aliphatic hydroxyl groups excluding tert-OH is 3. The Kier molecular flexibility index (Phi) is 19.4. The van der Waals surface area contributed by atoms with Crippen LogP contribution in [0.4, 0.5) is 0 Å². The van der Waals surface area contributed by atoms with Crippen molar-refractivity contribution >= 4 is 53.3 Å². The molecule has 0 unspecified atom stereocenters. The van der Waals surface area contributed by atoms with Crippen molar-refractivity contribution < 1.29 is 63.9 Å². The number of guanidine groups is 1. The van der Waals surface area contributed by atoms with Gasteiger partial charge in [0.15, 0.2) is 12.0 Å². The van der Waals surface area contributed by atoms with Gasteiger partial charge >= 0.3 is 11.9 Å². The van der Waals surface area contributed by atoms with Crippen molar-refractivity contribution in [2.75, 3.05) is 19.8 Å². The van der Waals surface area contributed by atoms with E-state index in [-0.39, 0.29) is 25.3 Å². The fourth-order valence-corrected chi connectivity index (χ4v) is 3.72. The minimum Gasteiger partial charge on any atom is -0.481 e. The number of rotatable bonds is 22. The van der Waals surface area contributed by atoms with E-state index in [1.807, 2.05) is 0 Å². The van der Waals surface area contributed by atoms with Gasteiger partial charge in [0.05, 0.1) is 31.8 Å². The van der Waals surface area contributed by atoms with E-state index < -0.39 is 115 Å². The lowest BCUT2D eigenvalue weighted by Gasteiger charge is -2.25. The summed E-state index contributed by atoms with van der Waals surface area (Å²) in [5, 5.41) is 60.0. The number of amides is 6. The van der Waals surface area contributed by atoms with Gasteiger partial charge in [-0.2, -0.15) is 0 Å². The molecule has 49 heavy (non-hydrogen) atoms. The highest BCUT2D eigenvalue weighted by Crippen LogP contribution is 2.03. The van der Waals surface area contributed by atoms with Crippen LogP contribution in [0.1, 0.15) is 40.0 Å². The molecule has 0 saturated heterocycles.